The van der Waals surface area contributed by atoms with Crippen LogP contribution in [0.2, 0.25) is 0 Å². The fourth-order valence-electron chi connectivity index (χ4n) is 1.05. The first kappa shape index (κ1) is 10.8. The van der Waals surface area contributed by atoms with Crippen LogP contribution in [0.3, 0.4) is 0 Å². The maximum absolute atomic E-state index is 12.4. The zero-order chi connectivity index (χ0) is 10.7. The third kappa shape index (κ3) is 1.98. The highest BCUT2D eigenvalue weighted by molar-refractivity contribution is 6.17. The molecular formula is C8H6ClF2NO2. The van der Waals surface area contributed by atoms with Crippen molar-refractivity contribution >= 4 is 17.6 Å². The normalized spacial score (nSPS) is 10.6. The molecule has 0 saturated carbocycles. The van der Waals surface area contributed by atoms with Crippen LogP contribution in [0.1, 0.15) is 27.9 Å². The quantitative estimate of drug-likeness (QED) is 0.798. The predicted octanol–water partition coefficient (Wildman–Crippen LogP) is 2.46. The molecule has 1 aromatic heterocycles. The van der Waals surface area contributed by atoms with Gasteiger partial charge >= 0.3 is 5.97 Å². The Balaban J connectivity index is 3.35. The van der Waals surface area contributed by atoms with Crippen molar-refractivity contribution in [1.29, 1.82) is 0 Å². The van der Waals surface area contributed by atoms with E-state index in [1.165, 1.54) is 6.20 Å². The second-order valence-electron chi connectivity index (χ2n) is 2.50. The molecule has 0 amide bonds. The summed E-state index contributed by atoms with van der Waals surface area (Å²) < 4.78 is 24.7. The Morgan fingerprint density at radius 2 is 2.21 bits per heavy atom. The summed E-state index contributed by atoms with van der Waals surface area (Å²) in [6.45, 7) is 0. The average molecular weight is 222 g/mol. The highest BCUT2D eigenvalue weighted by Gasteiger charge is 2.21. The summed E-state index contributed by atoms with van der Waals surface area (Å²) in [5, 5.41) is 8.71. The van der Waals surface area contributed by atoms with Gasteiger partial charge in [0.25, 0.3) is 6.43 Å². The lowest BCUT2D eigenvalue weighted by Crippen LogP contribution is -2.07. The molecule has 0 bridgehead atoms. The Morgan fingerprint density at radius 1 is 1.57 bits per heavy atom. The number of halogens is 3. The first-order chi connectivity index (χ1) is 6.57. The van der Waals surface area contributed by atoms with Gasteiger partial charge in [0.1, 0.15) is 0 Å². The summed E-state index contributed by atoms with van der Waals surface area (Å²) in [5.74, 6) is -1.58. The van der Waals surface area contributed by atoms with Gasteiger partial charge in [-0.1, -0.05) is 0 Å². The maximum atomic E-state index is 12.4. The molecule has 6 heteroatoms. The minimum Gasteiger partial charge on any atom is -0.478 e. The van der Waals surface area contributed by atoms with Crippen molar-refractivity contribution < 1.29 is 18.7 Å². The first-order valence-electron chi connectivity index (χ1n) is 3.62. The largest absolute Gasteiger partial charge is 0.478 e. The summed E-state index contributed by atoms with van der Waals surface area (Å²) in [6.07, 6.45) is -0.858. The van der Waals surface area contributed by atoms with Crippen LogP contribution < -0.4 is 0 Å². The number of pyridine rings is 1. The minimum absolute atomic E-state index is 0.0944. The molecule has 14 heavy (non-hydrogen) atoms. The average Bonchev–Trinajstić information content (AvgIpc) is 2.16. The van der Waals surface area contributed by atoms with E-state index in [0.717, 1.165) is 6.20 Å². The van der Waals surface area contributed by atoms with E-state index in [1.807, 2.05) is 0 Å². The van der Waals surface area contributed by atoms with Gasteiger partial charge in [-0.25, -0.2) is 13.6 Å². The molecule has 0 spiro atoms. The van der Waals surface area contributed by atoms with Crippen molar-refractivity contribution in [3.05, 3.63) is 29.1 Å². The highest BCUT2D eigenvalue weighted by Crippen LogP contribution is 2.25. The van der Waals surface area contributed by atoms with Crippen LogP contribution in [0, 0.1) is 0 Å². The summed E-state index contributed by atoms with van der Waals surface area (Å²) in [7, 11) is 0. The standard InChI is InChI=1S/C8H6ClF2NO2/c9-1-4-2-12-3-5(7(10)11)6(4)8(13)14/h2-3,7H,1H2,(H,13,14). The Labute approximate surface area is 83.3 Å². The van der Waals surface area contributed by atoms with Crippen LogP contribution in [0.4, 0.5) is 8.78 Å². The minimum atomic E-state index is -2.86. The van der Waals surface area contributed by atoms with Crippen LogP contribution in [-0.2, 0) is 5.88 Å². The van der Waals surface area contributed by atoms with Crippen LogP contribution in [0.15, 0.2) is 12.4 Å². The molecule has 0 aromatic carbocycles. The molecular weight excluding hydrogens is 216 g/mol. The zero-order valence-corrected chi connectivity index (χ0v) is 7.63. The van der Waals surface area contributed by atoms with Gasteiger partial charge in [0, 0.05) is 23.8 Å². The van der Waals surface area contributed by atoms with Gasteiger partial charge in [-0.05, 0) is 0 Å². The summed E-state index contributed by atoms with van der Waals surface area (Å²) >= 11 is 5.40. The van der Waals surface area contributed by atoms with E-state index in [2.05, 4.69) is 4.98 Å². The fourth-order valence-corrected chi connectivity index (χ4v) is 1.25. The molecule has 3 nitrogen and oxygen atoms in total. The number of aromatic carboxylic acids is 1. The SMILES string of the molecule is O=C(O)c1c(CCl)cncc1C(F)F. The van der Waals surface area contributed by atoms with Crippen LogP contribution in [0.5, 0.6) is 0 Å². The number of hydrogen-bond acceptors (Lipinski definition) is 2. The number of carboxylic acids is 1. The highest BCUT2D eigenvalue weighted by atomic mass is 35.5. The van der Waals surface area contributed by atoms with E-state index in [0.29, 0.717) is 0 Å². The van der Waals surface area contributed by atoms with Gasteiger partial charge in [-0.3, -0.25) is 4.98 Å². The number of aromatic nitrogens is 1. The van der Waals surface area contributed by atoms with Gasteiger partial charge in [0.15, 0.2) is 0 Å². The molecule has 1 heterocycles. The van der Waals surface area contributed by atoms with Gasteiger partial charge in [0.05, 0.1) is 11.1 Å². The Kier molecular flexibility index (Phi) is 3.35. The Hall–Kier alpha value is -1.23. The van der Waals surface area contributed by atoms with Crippen molar-refractivity contribution in [2.24, 2.45) is 0 Å². The molecule has 0 saturated heterocycles. The molecule has 76 valence electrons. The predicted molar refractivity (Wildman–Crippen MR) is 45.7 cm³/mol. The molecule has 0 fully saturated rings. The van der Waals surface area contributed by atoms with Gasteiger partial charge in [0.2, 0.25) is 0 Å². The maximum Gasteiger partial charge on any atom is 0.336 e. The molecule has 0 aliphatic heterocycles. The van der Waals surface area contributed by atoms with Crippen LogP contribution >= 0.6 is 11.6 Å². The van der Waals surface area contributed by atoms with Crippen LogP contribution in [0.25, 0.3) is 0 Å². The number of hydrogen-bond donors (Lipinski definition) is 1. The molecule has 0 unspecified atom stereocenters. The zero-order valence-electron chi connectivity index (χ0n) is 6.88. The van der Waals surface area contributed by atoms with Crippen LogP contribution in [-0.4, -0.2) is 16.1 Å². The van der Waals surface area contributed by atoms with Crippen molar-refractivity contribution in [3.8, 4) is 0 Å². The van der Waals surface area contributed by atoms with E-state index in [1.54, 1.807) is 0 Å². The van der Waals surface area contributed by atoms with Gasteiger partial charge < -0.3 is 5.11 Å². The fraction of sp³-hybridized carbons (Fsp3) is 0.250. The topological polar surface area (TPSA) is 50.2 Å². The lowest BCUT2D eigenvalue weighted by molar-refractivity contribution is 0.0683. The lowest BCUT2D eigenvalue weighted by Gasteiger charge is -2.07. The second-order valence-corrected chi connectivity index (χ2v) is 2.77. The molecule has 1 rings (SSSR count). The summed E-state index contributed by atoms with van der Waals surface area (Å²) in [6, 6.07) is 0. The number of carbonyl (C=O) groups is 1. The van der Waals surface area contributed by atoms with Crippen molar-refractivity contribution in [2.45, 2.75) is 12.3 Å². The smallest absolute Gasteiger partial charge is 0.336 e. The molecule has 0 aliphatic carbocycles. The summed E-state index contributed by atoms with van der Waals surface area (Å²) in [5.41, 5.74) is -0.961. The van der Waals surface area contributed by atoms with Crippen molar-refractivity contribution in [1.82, 2.24) is 4.98 Å². The van der Waals surface area contributed by atoms with E-state index >= 15 is 0 Å². The number of rotatable bonds is 3. The molecule has 1 N–H and O–H groups in total. The molecule has 1 aromatic rings. The van der Waals surface area contributed by atoms with Crippen molar-refractivity contribution in [2.75, 3.05) is 0 Å². The first-order valence-corrected chi connectivity index (χ1v) is 4.15. The van der Waals surface area contributed by atoms with Crippen molar-refractivity contribution in [3.63, 3.8) is 0 Å². The Morgan fingerprint density at radius 3 is 2.64 bits per heavy atom. The monoisotopic (exact) mass is 221 g/mol. The molecule has 0 aliphatic rings. The molecule has 0 atom stereocenters. The lowest BCUT2D eigenvalue weighted by atomic mass is 10.1. The Bertz CT molecular complexity index is 357. The van der Waals surface area contributed by atoms with E-state index < -0.39 is 23.5 Å². The number of alkyl halides is 3. The van der Waals surface area contributed by atoms with Gasteiger partial charge in [-0.15, -0.1) is 11.6 Å². The summed E-state index contributed by atoms with van der Waals surface area (Å²) in [4.78, 5) is 14.2. The third-order valence-corrected chi connectivity index (χ3v) is 1.93. The van der Waals surface area contributed by atoms with Gasteiger partial charge in [-0.2, -0.15) is 0 Å². The second kappa shape index (κ2) is 4.32. The number of carboxylic acid groups (broad SMARTS) is 1. The van der Waals surface area contributed by atoms with E-state index in [-0.39, 0.29) is 11.4 Å². The number of nitrogens with zero attached hydrogens (tertiary/aromatic N) is 1. The van der Waals surface area contributed by atoms with E-state index in [4.69, 9.17) is 16.7 Å². The third-order valence-electron chi connectivity index (χ3n) is 1.65. The molecule has 0 radical (unpaired) electrons. The van der Waals surface area contributed by atoms with E-state index in [9.17, 15) is 13.6 Å².